The number of hydrogen-bond acceptors (Lipinski definition) is 4. The van der Waals surface area contributed by atoms with Gasteiger partial charge in [0.25, 0.3) is 5.91 Å². The number of rotatable bonds is 6. The van der Waals surface area contributed by atoms with Gasteiger partial charge in [-0.05, 0) is 42.0 Å². The molecule has 1 amide bonds. The Kier molecular flexibility index (Phi) is 5.31. The van der Waals surface area contributed by atoms with E-state index in [1.807, 2.05) is 30.3 Å². The molecule has 0 saturated carbocycles. The summed E-state index contributed by atoms with van der Waals surface area (Å²) in [5.41, 5.74) is 2.73. The number of anilines is 1. The molecule has 2 aromatic carbocycles. The van der Waals surface area contributed by atoms with Crippen molar-refractivity contribution < 1.29 is 9.53 Å². The SMILES string of the molecule is COc1cccc(Cn2cc(NC(=O)c3cc(-n4cccn4)ccc3Cl)cn2)c1. The van der Waals surface area contributed by atoms with Crippen LogP contribution in [-0.2, 0) is 6.54 Å². The van der Waals surface area contributed by atoms with Gasteiger partial charge in [-0.2, -0.15) is 10.2 Å². The van der Waals surface area contributed by atoms with Crippen LogP contribution in [0.3, 0.4) is 0 Å². The number of amides is 1. The average molecular weight is 408 g/mol. The van der Waals surface area contributed by atoms with E-state index in [1.54, 1.807) is 59.5 Å². The Labute approximate surface area is 172 Å². The van der Waals surface area contributed by atoms with Crippen LogP contribution in [0.15, 0.2) is 73.3 Å². The smallest absolute Gasteiger partial charge is 0.257 e. The molecule has 0 radical (unpaired) electrons. The predicted octanol–water partition coefficient (Wildman–Crippen LogP) is 4.03. The second-order valence-electron chi connectivity index (χ2n) is 6.35. The summed E-state index contributed by atoms with van der Waals surface area (Å²) in [5.74, 6) is 0.472. The molecule has 0 bridgehead atoms. The Bertz CT molecular complexity index is 1140. The highest BCUT2D eigenvalue weighted by Crippen LogP contribution is 2.21. The third kappa shape index (κ3) is 4.30. The Balaban J connectivity index is 1.49. The largest absolute Gasteiger partial charge is 0.497 e. The van der Waals surface area contributed by atoms with Gasteiger partial charge in [-0.15, -0.1) is 0 Å². The highest BCUT2D eigenvalue weighted by atomic mass is 35.5. The highest BCUT2D eigenvalue weighted by molar-refractivity contribution is 6.34. The van der Waals surface area contributed by atoms with Gasteiger partial charge in [0.15, 0.2) is 0 Å². The van der Waals surface area contributed by atoms with E-state index in [2.05, 4.69) is 15.5 Å². The van der Waals surface area contributed by atoms with Crippen LogP contribution in [0.2, 0.25) is 5.02 Å². The van der Waals surface area contributed by atoms with E-state index >= 15 is 0 Å². The first kappa shape index (κ1) is 18.8. The van der Waals surface area contributed by atoms with E-state index in [1.165, 1.54) is 0 Å². The molecule has 0 fully saturated rings. The van der Waals surface area contributed by atoms with Crippen molar-refractivity contribution in [2.75, 3.05) is 12.4 Å². The summed E-state index contributed by atoms with van der Waals surface area (Å²) < 4.78 is 8.65. The molecule has 0 saturated heterocycles. The van der Waals surface area contributed by atoms with Crippen molar-refractivity contribution in [1.82, 2.24) is 19.6 Å². The summed E-state index contributed by atoms with van der Waals surface area (Å²) in [6.07, 6.45) is 6.84. The first-order chi connectivity index (χ1) is 14.1. The minimum Gasteiger partial charge on any atom is -0.497 e. The summed E-state index contributed by atoms with van der Waals surface area (Å²) in [7, 11) is 1.63. The second kappa shape index (κ2) is 8.20. The lowest BCUT2D eigenvalue weighted by Crippen LogP contribution is -2.13. The van der Waals surface area contributed by atoms with Gasteiger partial charge in [0, 0.05) is 18.6 Å². The Morgan fingerprint density at radius 2 is 2.07 bits per heavy atom. The normalized spacial score (nSPS) is 10.7. The number of methoxy groups -OCH3 is 1. The average Bonchev–Trinajstić information content (AvgIpc) is 3.41. The van der Waals surface area contributed by atoms with Crippen LogP contribution in [0.4, 0.5) is 5.69 Å². The predicted molar refractivity (Wildman–Crippen MR) is 111 cm³/mol. The summed E-state index contributed by atoms with van der Waals surface area (Å²) >= 11 is 6.24. The number of carbonyl (C=O) groups is 1. The van der Waals surface area contributed by atoms with E-state index in [0.717, 1.165) is 17.0 Å². The van der Waals surface area contributed by atoms with Crippen molar-refractivity contribution in [3.63, 3.8) is 0 Å². The van der Waals surface area contributed by atoms with Gasteiger partial charge >= 0.3 is 0 Å². The lowest BCUT2D eigenvalue weighted by atomic mass is 10.2. The van der Waals surface area contributed by atoms with Gasteiger partial charge in [0.05, 0.1) is 41.8 Å². The monoisotopic (exact) mass is 407 g/mol. The zero-order chi connectivity index (χ0) is 20.2. The van der Waals surface area contributed by atoms with Crippen LogP contribution in [0, 0.1) is 0 Å². The van der Waals surface area contributed by atoms with Crippen LogP contribution in [0.5, 0.6) is 5.75 Å². The van der Waals surface area contributed by atoms with Crippen molar-refractivity contribution in [2.24, 2.45) is 0 Å². The fourth-order valence-corrected chi connectivity index (χ4v) is 3.13. The van der Waals surface area contributed by atoms with E-state index in [9.17, 15) is 4.79 Å². The molecule has 0 unspecified atom stereocenters. The third-order valence-electron chi connectivity index (χ3n) is 4.33. The van der Waals surface area contributed by atoms with Crippen LogP contribution in [0.1, 0.15) is 15.9 Å². The number of hydrogen-bond donors (Lipinski definition) is 1. The molecule has 2 heterocycles. The summed E-state index contributed by atoms with van der Waals surface area (Å²) in [5, 5.41) is 11.7. The molecule has 0 aliphatic heterocycles. The standard InChI is InChI=1S/C21H18ClN5O2/c1-29-18-5-2-4-15(10-18)13-26-14-16(12-24-26)25-21(28)19-11-17(6-7-20(19)22)27-9-3-8-23-27/h2-12,14H,13H2,1H3,(H,25,28). The number of carbonyl (C=O) groups excluding carboxylic acids is 1. The maximum absolute atomic E-state index is 12.7. The maximum Gasteiger partial charge on any atom is 0.257 e. The Hall–Kier alpha value is -3.58. The molecule has 0 atom stereocenters. The molecule has 0 aliphatic rings. The molecule has 4 aromatic rings. The van der Waals surface area contributed by atoms with Crippen molar-refractivity contribution >= 4 is 23.2 Å². The minimum atomic E-state index is -0.315. The molecule has 7 nitrogen and oxygen atoms in total. The lowest BCUT2D eigenvalue weighted by Gasteiger charge is -2.08. The summed E-state index contributed by atoms with van der Waals surface area (Å²) in [6.45, 7) is 0.558. The first-order valence-corrected chi connectivity index (χ1v) is 9.26. The minimum absolute atomic E-state index is 0.315. The molecule has 0 spiro atoms. The van der Waals surface area contributed by atoms with E-state index in [-0.39, 0.29) is 5.91 Å². The zero-order valence-electron chi connectivity index (χ0n) is 15.6. The molecular formula is C21H18ClN5O2. The number of benzene rings is 2. The molecular weight excluding hydrogens is 390 g/mol. The fraction of sp³-hybridized carbons (Fsp3) is 0.0952. The molecule has 0 aliphatic carbocycles. The van der Waals surface area contributed by atoms with E-state index in [0.29, 0.717) is 22.8 Å². The second-order valence-corrected chi connectivity index (χ2v) is 6.75. The number of nitrogens with one attached hydrogen (secondary N) is 1. The summed E-state index contributed by atoms with van der Waals surface area (Å²) in [4.78, 5) is 12.7. The van der Waals surface area contributed by atoms with Crippen molar-refractivity contribution in [2.45, 2.75) is 6.54 Å². The number of ether oxygens (including phenoxy) is 1. The maximum atomic E-state index is 12.7. The fourth-order valence-electron chi connectivity index (χ4n) is 2.92. The molecule has 1 N–H and O–H groups in total. The van der Waals surface area contributed by atoms with Gasteiger partial charge in [0.2, 0.25) is 0 Å². The van der Waals surface area contributed by atoms with Gasteiger partial charge in [-0.1, -0.05) is 23.7 Å². The van der Waals surface area contributed by atoms with Crippen LogP contribution < -0.4 is 10.1 Å². The number of aromatic nitrogens is 4. The van der Waals surface area contributed by atoms with Crippen molar-refractivity contribution in [3.8, 4) is 11.4 Å². The highest BCUT2D eigenvalue weighted by Gasteiger charge is 2.13. The Morgan fingerprint density at radius 1 is 1.17 bits per heavy atom. The first-order valence-electron chi connectivity index (χ1n) is 8.89. The van der Waals surface area contributed by atoms with Crippen LogP contribution >= 0.6 is 11.6 Å². The van der Waals surface area contributed by atoms with E-state index < -0.39 is 0 Å². The van der Waals surface area contributed by atoms with Crippen LogP contribution in [0.25, 0.3) is 5.69 Å². The van der Waals surface area contributed by atoms with Crippen LogP contribution in [-0.4, -0.2) is 32.6 Å². The lowest BCUT2D eigenvalue weighted by molar-refractivity contribution is 0.102. The molecule has 2 aromatic heterocycles. The molecule has 4 rings (SSSR count). The quantitative estimate of drug-likeness (QED) is 0.523. The topological polar surface area (TPSA) is 74.0 Å². The third-order valence-corrected chi connectivity index (χ3v) is 4.66. The molecule has 8 heteroatoms. The van der Waals surface area contributed by atoms with Gasteiger partial charge in [0.1, 0.15) is 5.75 Å². The molecule has 29 heavy (non-hydrogen) atoms. The summed E-state index contributed by atoms with van der Waals surface area (Å²) in [6, 6.07) is 14.7. The van der Waals surface area contributed by atoms with Gasteiger partial charge < -0.3 is 10.1 Å². The van der Waals surface area contributed by atoms with Crippen molar-refractivity contribution in [1.29, 1.82) is 0 Å². The molecule has 146 valence electrons. The number of halogens is 1. The van der Waals surface area contributed by atoms with E-state index in [4.69, 9.17) is 16.3 Å². The van der Waals surface area contributed by atoms with Crippen molar-refractivity contribution in [3.05, 3.63) is 89.5 Å². The van der Waals surface area contributed by atoms with Gasteiger partial charge in [-0.3, -0.25) is 9.48 Å². The zero-order valence-corrected chi connectivity index (χ0v) is 16.4. The number of nitrogens with zero attached hydrogens (tertiary/aromatic N) is 4. The van der Waals surface area contributed by atoms with Gasteiger partial charge in [-0.25, -0.2) is 4.68 Å². The Morgan fingerprint density at radius 3 is 2.86 bits per heavy atom.